The molecule has 6 heteroatoms. The van der Waals surface area contributed by atoms with Crippen LogP contribution < -0.4 is 10.1 Å². The highest BCUT2D eigenvalue weighted by Crippen LogP contribution is 2.16. The van der Waals surface area contributed by atoms with Crippen molar-refractivity contribution in [3.8, 4) is 5.88 Å². The topological polar surface area (TPSA) is 75.7 Å². The van der Waals surface area contributed by atoms with Gasteiger partial charge in [0.05, 0.1) is 12.6 Å². The van der Waals surface area contributed by atoms with Crippen LogP contribution in [0, 0.1) is 0 Å². The lowest BCUT2D eigenvalue weighted by molar-refractivity contribution is 0.326. The first-order chi connectivity index (χ1) is 8.29. The van der Waals surface area contributed by atoms with Crippen LogP contribution in [-0.4, -0.2) is 26.5 Å². The molecular formula is C11H15N5O. The van der Waals surface area contributed by atoms with Crippen LogP contribution in [0.1, 0.15) is 25.7 Å². The Morgan fingerprint density at radius 3 is 3.00 bits per heavy atom. The molecule has 1 atom stereocenters. The van der Waals surface area contributed by atoms with Crippen molar-refractivity contribution >= 4 is 5.82 Å². The summed E-state index contributed by atoms with van der Waals surface area (Å²) >= 11 is 0. The smallest absolute Gasteiger partial charge is 0.218 e. The third-order valence-corrected chi connectivity index (χ3v) is 2.23. The van der Waals surface area contributed by atoms with E-state index in [1.165, 1.54) is 6.33 Å². The number of hydrogen-bond acceptors (Lipinski definition) is 5. The van der Waals surface area contributed by atoms with E-state index in [2.05, 4.69) is 25.3 Å². The molecule has 2 aromatic rings. The van der Waals surface area contributed by atoms with Gasteiger partial charge in [-0.2, -0.15) is 0 Å². The number of aromatic nitrogens is 4. The van der Waals surface area contributed by atoms with Gasteiger partial charge in [-0.05, 0) is 13.8 Å². The molecule has 0 fully saturated rings. The largest absolute Gasteiger partial charge is 0.478 e. The minimum Gasteiger partial charge on any atom is -0.478 e. The van der Waals surface area contributed by atoms with Crippen LogP contribution in [0.3, 0.4) is 0 Å². The maximum absolute atomic E-state index is 5.30. The van der Waals surface area contributed by atoms with E-state index in [0.717, 1.165) is 5.82 Å². The molecule has 90 valence electrons. The number of rotatable bonds is 5. The highest BCUT2D eigenvalue weighted by molar-refractivity contribution is 5.38. The molecule has 0 aliphatic carbocycles. The van der Waals surface area contributed by atoms with E-state index in [9.17, 15) is 0 Å². The Labute approximate surface area is 99.5 Å². The van der Waals surface area contributed by atoms with Crippen LogP contribution in [-0.2, 0) is 0 Å². The summed E-state index contributed by atoms with van der Waals surface area (Å²) in [5.41, 5.74) is 0. The SMILES string of the molecule is CCOc1cc(NC(C)c2ncc[nH]2)ncn1. The molecule has 0 aliphatic rings. The van der Waals surface area contributed by atoms with E-state index >= 15 is 0 Å². The summed E-state index contributed by atoms with van der Waals surface area (Å²) in [4.78, 5) is 15.4. The maximum atomic E-state index is 5.30. The molecule has 6 nitrogen and oxygen atoms in total. The first kappa shape index (κ1) is 11.4. The van der Waals surface area contributed by atoms with Gasteiger partial charge in [0.2, 0.25) is 5.88 Å². The fourth-order valence-corrected chi connectivity index (χ4v) is 1.45. The molecule has 0 saturated heterocycles. The molecule has 0 bridgehead atoms. The van der Waals surface area contributed by atoms with E-state index in [-0.39, 0.29) is 6.04 Å². The van der Waals surface area contributed by atoms with Gasteiger partial charge in [-0.3, -0.25) is 0 Å². The summed E-state index contributed by atoms with van der Waals surface area (Å²) in [6, 6.07) is 1.82. The molecule has 0 aromatic carbocycles. The van der Waals surface area contributed by atoms with Crippen molar-refractivity contribution in [2.75, 3.05) is 11.9 Å². The number of imidazole rings is 1. The highest BCUT2D eigenvalue weighted by Gasteiger charge is 2.08. The molecule has 0 spiro atoms. The minimum atomic E-state index is 0.0503. The number of nitrogens with one attached hydrogen (secondary N) is 2. The Kier molecular flexibility index (Phi) is 3.54. The molecule has 2 N–H and O–H groups in total. The zero-order valence-electron chi connectivity index (χ0n) is 9.84. The lowest BCUT2D eigenvalue weighted by atomic mass is 10.3. The number of hydrogen-bond donors (Lipinski definition) is 2. The third-order valence-electron chi connectivity index (χ3n) is 2.23. The van der Waals surface area contributed by atoms with Gasteiger partial charge in [0.1, 0.15) is 18.0 Å². The third kappa shape index (κ3) is 2.93. The lowest BCUT2D eigenvalue weighted by Gasteiger charge is -2.12. The van der Waals surface area contributed by atoms with Gasteiger partial charge in [0.25, 0.3) is 0 Å². The van der Waals surface area contributed by atoms with Crippen LogP contribution in [0.25, 0.3) is 0 Å². The Balaban J connectivity index is 2.05. The van der Waals surface area contributed by atoms with Crippen molar-refractivity contribution < 1.29 is 4.74 Å². The average molecular weight is 233 g/mol. The van der Waals surface area contributed by atoms with E-state index in [4.69, 9.17) is 4.74 Å². The normalized spacial score (nSPS) is 12.1. The van der Waals surface area contributed by atoms with E-state index in [1.54, 1.807) is 18.5 Å². The van der Waals surface area contributed by atoms with Crippen molar-refractivity contribution in [1.29, 1.82) is 0 Å². The Morgan fingerprint density at radius 2 is 2.29 bits per heavy atom. The first-order valence-corrected chi connectivity index (χ1v) is 5.50. The van der Waals surface area contributed by atoms with Gasteiger partial charge in [-0.15, -0.1) is 0 Å². The van der Waals surface area contributed by atoms with Crippen LogP contribution in [0.2, 0.25) is 0 Å². The molecule has 2 heterocycles. The van der Waals surface area contributed by atoms with Crippen LogP contribution in [0.5, 0.6) is 5.88 Å². The van der Waals surface area contributed by atoms with Crippen molar-refractivity contribution in [2.45, 2.75) is 19.9 Å². The fourth-order valence-electron chi connectivity index (χ4n) is 1.45. The quantitative estimate of drug-likeness (QED) is 0.823. The minimum absolute atomic E-state index is 0.0503. The number of aromatic amines is 1. The van der Waals surface area contributed by atoms with Crippen molar-refractivity contribution in [3.63, 3.8) is 0 Å². The zero-order chi connectivity index (χ0) is 12.1. The zero-order valence-corrected chi connectivity index (χ0v) is 9.84. The number of ether oxygens (including phenoxy) is 1. The van der Waals surface area contributed by atoms with Crippen LogP contribution in [0.15, 0.2) is 24.8 Å². The molecule has 2 aromatic heterocycles. The molecule has 17 heavy (non-hydrogen) atoms. The van der Waals surface area contributed by atoms with Crippen LogP contribution >= 0.6 is 0 Å². The van der Waals surface area contributed by atoms with Crippen molar-refractivity contribution in [2.24, 2.45) is 0 Å². The second-order valence-electron chi connectivity index (χ2n) is 3.51. The van der Waals surface area contributed by atoms with Gasteiger partial charge in [0, 0.05) is 18.5 Å². The molecule has 0 amide bonds. The van der Waals surface area contributed by atoms with E-state index in [1.807, 2.05) is 13.8 Å². The molecular weight excluding hydrogens is 218 g/mol. The monoisotopic (exact) mass is 233 g/mol. The van der Waals surface area contributed by atoms with Gasteiger partial charge in [0.15, 0.2) is 0 Å². The highest BCUT2D eigenvalue weighted by atomic mass is 16.5. The number of nitrogens with zero attached hydrogens (tertiary/aromatic N) is 3. The molecule has 1 unspecified atom stereocenters. The summed E-state index contributed by atoms with van der Waals surface area (Å²) in [6.07, 6.45) is 4.99. The second-order valence-corrected chi connectivity index (χ2v) is 3.51. The Bertz CT molecular complexity index is 457. The van der Waals surface area contributed by atoms with Crippen LogP contribution in [0.4, 0.5) is 5.82 Å². The number of H-pyrrole nitrogens is 1. The summed E-state index contributed by atoms with van der Waals surface area (Å²) in [5, 5.41) is 3.22. The Hall–Kier alpha value is -2.11. The molecule has 0 saturated carbocycles. The summed E-state index contributed by atoms with van der Waals surface area (Å²) in [5.74, 6) is 2.14. The maximum Gasteiger partial charge on any atom is 0.218 e. The summed E-state index contributed by atoms with van der Waals surface area (Å²) in [7, 11) is 0. The Morgan fingerprint density at radius 1 is 1.41 bits per heavy atom. The summed E-state index contributed by atoms with van der Waals surface area (Å²) < 4.78 is 5.30. The van der Waals surface area contributed by atoms with Crippen molar-refractivity contribution in [1.82, 2.24) is 19.9 Å². The van der Waals surface area contributed by atoms with E-state index < -0.39 is 0 Å². The van der Waals surface area contributed by atoms with E-state index in [0.29, 0.717) is 18.3 Å². The standard InChI is InChI=1S/C11H15N5O/c1-3-17-10-6-9(14-7-15-10)16-8(2)11-12-4-5-13-11/h4-8H,3H2,1-2H3,(H,12,13)(H,14,15,16). The first-order valence-electron chi connectivity index (χ1n) is 5.50. The van der Waals surface area contributed by atoms with Gasteiger partial charge < -0.3 is 15.0 Å². The van der Waals surface area contributed by atoms with Crippen molar-refractivity contribution in [3.05, 3.63) is 30.6 Å². The van der Waals surface area contributed by atoms with Gasteiger partial charge in [-0.1, -0.05) is 0 Å². The summed E-state index contributed by atoms with van der Waals surface area (Å²) in [6.45, 7) is 4.51. The second kappa shape index (κ2) is 5.29. The lowest BCUT2D eigenvalue weighted by Crippen LogP contribution is -2.10. The number of anilines is 1. The predicted molar refractivity (Wildman–Crippen MR) is 63.8 cm³/mol. The average Bonchev–Trinajstić information content (AvgIpc) is 2.83. The molecule has 0 radical (unpaired) electrons. The molecule has 0 aliphatic heterocycles. The van der Waals surface area contributed by atoms with Gasteiger partial charge >= 0.3 is 0 Å². The fraction of sp³-hybridized carbons (Fsp3) is 0.364. The molecule has 2 rings (SSSR count). The predicted octanol–water partition coefficient (Wildman–Crippen LogP) is 1.77. The van der Waals surface area contributed by atoms with Gasteiger partial charge in [-0.25, -0.2) is 15.0 Å².